The van der Waals surface area contributed by atoms with Gasteiger partial charge in [-0.2, -0.15) is 13.2 Å². The van der Waals surface area contributed by atoms with Crippen molar-refractivity contribution in [1.82, 2.24) is 10.3 Å². The number of carboxylic acids is 1. The molecule has 0 saturated carbocycles. The Morgan fingerprint density at radius 2 is 1.68 bits per heavy atom. The molecule has 0 spiro atoms. The Bertz CT molecular complexity index is 1170. The van der Waals surface area contributed by atoms with Crippen LogP contribution in [0.5, 0.6) is 5.75 Å². The summed E-state index contributed by atoms with van der Waals surface area (Å²) in [6, 6.07) is 11.6. The van der Waals surface area contributed by atoms with Crippen molar-refractivity contribution in [2.24, 2.45) is 0 Å². The van der Waals surface area contributed by atoms with Gasteiger partial charge in [-0.15, -0.1) is 11.3 Å². The van der Waals surface area contributed by atoms with Crippen LogP contribution in [0.4, 0.5) is 13.2 Å². The molecule has 0 fully saturated rings. The number of aryl methyl sites for hydroxylation is 1. The summed E-state index contributed by atoms with van der Waals surface area (Å²) in [6.07, 6.45) is -3.87. The van der Waals surface area contributed by atoms with Gasteiger partial charge in [0.2, 0.25) is 0 Å². The molecule has 0 aliphatic carbocycles. The summed E-state index contributed by atoms with van der Waals surface area (Å²) in [7, 11) is 0. The first-order valence-electron chi connectivity index (χ1n) is 10.3. The van der Waals surface area contributed by atoms with E-state index >= 15 is 0 Å². The summed E-state index contributed by atoms with van der Waals surface area (Å²) < 4.78 is 43.7. The van der Waals surface area contributed by atoms with E-state index in [2.05, 4.69) is 10.3 Å². The zero-order valence-electron chi connectivity index (χ0n) is 18.7. The number of hydrogen-bond donors (Lipinski definition) is 2. The van der Waals surface area contributed by atoms with Crippen molar-refractivity contribution >= 4 is 23.2 Å². The minimum absolute atomic E-state index is 0.309. The van der Waals surface area contributed by atoms with Crippen LogP contribution in [0.25, 0.3) is 10.6 Å². The Morgan fingerprint density at radius 3 is 2.24 bits per heavy atom. The number of halogens is 3. The van der Waals surface area contributed by atoms with Crippen LogP contribution in [-0.2, 0) is 17.4 Å². The summed E-state index contributed by atoms with van der Waals surface area (Å²) >= 11 is 1.12. The third-order valence-corrected chi connectivity index (χ3v) is 6.18. The number of thiazole rings is 1. The van der Waals surface area contributed by atoms with Gasteiger partial charge in [0, 0.05) is 12.1 Å². The van der Waals surface area contributed by atoms with Crippen molar-refractivity contribution in [1.29, 1.82) is 0 Å². The number of nitrogens with one attached hydrogen (secondary N) is 1. The number of benzene rings is 2. The minimum Gasteiger partial charge on any atom is -0.478 e. The van der Waals surface area contributed by atoms with Gasteiger partial charge in [0.1, 0.15) is 15.6 Å². The first-order valence-corrected chi connectivity index (χ1v) is 11.1. The molecule has 0 atom stereocenters. The van der Waals surface area contributed by atoms with Crippen molar-refractivity contribution < 1.29 is 32.6 Å². The van der Waals surface area contributed by atoms with E-state index in [4.69, 9.17) is 9.84 Å². The number of aromatic nitrogens is 1. The molecule has 0 unspecified atom stereocenters. The van der Waals surface area contributed by atoms with Gasteiger partial charge in [0.05, 0.1) is 11.3 Å². The number of alkyl halides is 3. The number of aliphatic carboxylic acids is 1. The lowest BCUT2D eigenvalue weighted by atomic mass is 10.1. The van der Waals surface area contributed by atoms with E-state index in [1.807, 2.05) is 0 Å². The SMILES string of the molecule is Cc1nc(-c2ccc(C(F)(F)F)cc2)sc1C(=O)NCCc1ccc(OC(C)(C)C(=O)O)cc1. The first-order chi connectivity index (χ1) is 15.9. The summed E-state index contributed by atoms with van der Waals surface area (Å²) in [5.74, 6) is -0.952. The molecule has 0 saturated heterocycles. The minimum atomic E-state index is -4.41. The van der Waals surface area contributed by atoms with Crippen LogP contribution in [0.1, 0.15) is 40.3 Å². The van der Waals surface area contributed by atoms with E-state index in [-0.39, 0.29) is 5.91 Å². The third kappa shape index (κ3) is 6.13. The second kappa shape index (κ2) is 9.84. The maximum absolute atomic E-state index is 12.8. The molecule has 1 amide bonds. The standard InChI is InChI=1S/C24H23F3N2O4S/c1-14-19(34-21(29-14)16-6-8-17(9-7-16)24(25,26)27)20(30)28-13-12-15-4-10-18(11-5-15)33-23(2,3)22(31)32/h4-11H,12-13H2,1-3H3,(H,28,30)(H,31,32). The Labute approximate surface area is 198 Å². The van der Waals surface area contributed by atoms with E-state index in [9.17, 15) is 22.8 Å². The molecule has 34 heavy (non-hydrogen) atoms. The highest BCUT2D eigenvalue weighted by atomic mass is 32.1. The summed E-state index contributed by atoms with van der Waals surface area (Å²) in [5.41, 5.74) is -0.158. The lowest BCUT2D eigenvalue weighted by Gasteiger charge is -2.21. The number of carbonyl (C=O) groups is 2. The van der Waals surface area contributed by atoms with Crippen LogP contribution in [-0.4, -0.2) is 34.1 Å². The first kappa shape index (κ1) is 25.2. The molecule has 2 aromatic carbocycles. The molecule has 3 aromatic rings. The third-order valence-electron chi connectivity index (χ3n) is 4.97. The Kier molecular flexibility index (Phi) is 7.30. The number of ether oxygens (including phenoxy) is 1. The molecule has 6 nitrogen and oxygen atoms in total. The van der Waals surface area contributed by atoms with Crippen LogP contribution in [0.3, 0.4) is 0 Å². The van der Waals surface area contributed by atoms with Gasteiger partial charge in [0.25, 0.3) is 5.91 Å². The lowest BCUT2D eigenvalue weighted by Crippen LogP contribution is -2.37. The highest BCUT2D eigenvalue weighted by Crippen LogP contribution is 2.33. The van der Waals surface area contributed by atoms with Crippen LogP contribution >= 0.6 is 11.3 Å². The second-order valence-electron chi connectivity index (χ2n) is 8.08. The van der Waals surface area contributed by atoms with Crippen molar-refractivity contribution in [3.8, 4) is 16.3 Å². The quantitative estimate of drug-likeness (QED) is 0.443. The fourth-order valence-corrected chi connectivity index (χ4v) is 3.98. The van der Waals surface area contributed by atoms with Gasteiger partial charge >= 0.3 is 12.1 Å². The molecule has 0 aliphatic rings. The van der Waals surface area contributed by atoms with Crippen molar-refractivity contribution in [2.75, 3.05) is 6.54 Å². The summed E-state index contributed by atoms with van der Waals surface area (Å²) in [4.78, 5) is 28.5. The molecule has 0 aliphatic heterocycles. The number of hydrogen-bond acceptors (Lipinski definition) is 5. The van der Waals surface area contributed by atoms with Crippen molar-refractivity contribution in [3.63, 3.8) is 0 Å². The number of nitrogens with zero attached hydrogens (tertiary/aromatic N) is 1. The number of carbonyl (C=O) groups excluding carboxylic acids is 1. The van der Waals surface area contributed by atoms with E-state index < -0.39 is 23.3 Å². The highest BCUT2D eigenvalue weighted by Gasteiger charge is 2.30. The van der Waals surface area contributed by atoms with Gasteiger partial charge in [0.15, 0.2) is 5.60 Å². The zero-order valence-corrected chi connectivity index (χ0v) is 19.5. The predicted octanol–water partition coefficient (Wildman–Crippen LogP) is 5.35. The van der Waals surface area contributed by atoms with Crippen LogP contribution < -0.4 is 10.1 Å². The maximum Gasteiger partial charge on any atom is 0.416 e. The smallest absolute Gasteiger partial charge is 0.416 e. The topological polar surface area (TPSA) is 88.5 Å². The molecule has 3 rings (SSSR count). The molecule has 10 heteroatoms. The van der Waals surface area contributed by atoms with Crippen molar-refractivity contribution in [3.05, 3.63) is 70.2 Å². The number of amides is 1. The van der Waals surface area contributed by atoms with Crippen LogP contribution in [0.15, 0.2) is 48.5 Å². The molecule has 1 heterocycles. The van der Waals surface area contributed by atoms with Gasteiger partial charge in [-0.1, -0.05) is 24.3 Å². The van der Waals surface area contributed by atoms with Crippen LogP contribution in [0.2, 0.25) is 0 Å². The van der Waals surface area contributed by atoms with Gasteiger partial charge in [-0.3, -0.25) is 4.79 Å². The van der Waals surface area contributed by atoms with E-state index in [0.29, 0.717) is 39.9 Å². The Hall–Kier alpha value is -3.40. The van der Waals surface area contributed by atoms with Gasteiger partial charge in [-0.05, 0) is 57.0 Å². The van der Waals surface area contributed by atoms with E-state index in [0.717, 1.165) is 29.0 Å². The second-order valence-corrected chi connectivity index (χ2v) is 9.08. The predicted molar refractivity (Wildman–Crippen MR) is 122 cm³/mol. The average Bonchev–Trinajstić information content (AvgIpc) is 3.16. The lowest BCUT2D eigenvalue weighted by molar-refractivity contribution is -0.152. The van der Waals surface area contributed by atoms with Crippen LogP contribution in [0, 0.1) is 6.92 Å². The highest BCUT2D eigenvalue weighted by molar-refractivity contribution is 7.17. The summed E-state index contributed by atoms with van der Waals surface area (Å²) in [6.45, 7) is 4.95. The number of carboxylic acid groups (broad SMARTS) is 1. The Balaban J connectivity index is 1.57. The van der Waals surface area contributed by atoms with E-state index in [1.54, 1.807) is 31.2 Å². The Morgan fingerprint density at radius 1 is 1.06 bits per heavy atom. The molecular weight excluding hydrogens is 469 g/mol. The maximum atomic E-state index is 12.8. The average molecular weight is 493 g/mol. The van der Waals surface area contributed by atoms with Gasteiger partial charge in [-0.25, -0.2) is 9.78 Å². The summed E-state index contributed by atoms with van der Waals surface area (Å²) in [5, 5.41) is 12.4. The van der Waals surface area contributed by atoms with Crippen molar-refractivity contribution in [2.45, 2.75) is 39.0 Å². The molecule has 1 aromatic heterocycles. The fourth-order valence-electron chi connectivity index (χ4n) is 3.00. The zero-order chi connectivity index (χ0) is 25.1. The fraction of sp³-hybridized carbons (Fsp3) is 0.292. The monoisotopic (exact) mass is 492 g/mol. The molecule has 0 bridgehead atoms. The normalized spacial score (nSPS) is 11.8. The molecular formula is C24H23F3N2O4S. The largest absolute Gasteiger partial charge is 0.478 e. The van der Waals surface area contributed by atoms with E-state index in [1.165, 1.54) is 26.0 Å². The molecule has 2 N–H and O–H groups in total. The molecule has 180 valence electrons. The molecule has 0 radical (unpaired) electrons. The number of rotatable bonds is 8. The van der Waals surface area contributed by atoms with Gasteiger partial charge < -0.3 is 15.2 Å².